The van der Waals surface area contributed by atoms with Crippen molar-refractivity contribution < 1.29 is 14.3 Å². The van der Waals surface area contributed by atoms with E-state index in [-0.39, 0.29) is 11.7 Å². The Hall–Kier alpha value is -1.75. The predicted molar refractivity (Wildman–Crippen MR) is 74.7 cm³/mol. The summed E-state index contributed by atoms with van der Waals surface area (Å²) in [5.41, 5.74) is 0.822. The van der Waals surface area contributed by atoms with Gasteiger partial charge >= 0.3 is 6.09 Å². The Balaban J connectivity index is 1.66. The lowest BCUT2D eigenvalue weighted by Crippen LogP contribution is -2.44. The lowest BCUT2D eigenvalue weighted by molar-refractivity contribution is 0.0316. The molecular weight excluding hydrogens is 256 g/mol. The number of nitrogens with one attached hydrogen (secondary N) is 1. The third kappa shape index (κ3) is 2.58. The number of methoxy groups -OCH3 is 1. The maximum Gasteiger partial charge on any atom is 0.410 e. The highest BCUT2D eigenvalue weighted by Crippen LogP contribution is 2.32. The summed E-state index contributed by atoms with van der Waals surface area (Å²) in [5.74, 6) is 0.826. The maximum atomic E-state index is 12.0. The molecule has 0 aromatic heterocycles. The molecule has 2 saturated heterocycles. The van der Waals surface area contributed by atoms with E-state index in [1.807, 2.05) is 24.3 Å². The number of carbonyl (C=O) groups is 1. The molecule has 0 saturated carbocycles. The molecule has 0 bridgehead atoms. The van der Waals surface area contributed by atoms with E-state index in [2.05, 4.69) is 5.32 Å². The van der Waals surface area contributed by atoms with Crippen LogP contribution in [0.5, 0.6) is 5.75 Å². The van der Waals surface area contributed by atoms with Gasteiger partial charge in [-0.25, -0.2) is 4.79 Å². The second-order valence-corrected chi connectivity index (χ2v) is 5.51. The number of hydrogen-bond donors (Lipinski definition) is 1. The van der Waals surface area contributed by atoms with Crippen LogP contribution in [0.25, 0.3) is 0 Å². The Morgan fingerprint density at radius 2 is 2.00 bits per heavy atom. The van der Waals surface area contributed by atoms with Crippen LogP contribution in [0.15, 0.2) is 24.3 Å². The predicted octanol–water partition coefficient (Wildman–Crippen LogP) is 1.77. The number of nitrogens with zero attached hydrogens (tertiary/aromatic N) is 1. The summed E-state index contributed by atoms with van der Waals surface area (Å²) in [6, 6.07) is 7.80. The minimum Gasteiger partial charge on any atom is -0.497 e. The highest BCUT2D eigenvalue weighted by atomic mass is 16.6. The van der Waals surface area contributed by atoms with Crippen LogP contribution in [-0.4, -0.2) is 43.3 Å². The van der Waals surface area contributed by atoms with Crippen LogP contribution >= 0.6 is 0 Å². The summed E-state index contributed by atoms with van der Waals surface area (Å²) < 4.78 is 10.8. The summed E-state index contributed by atoms with van der Waals surface area (Å²) in [4.78, 5) is 13.8. The van der Waals surface area contributed by atoms with Crippen molar-refractivity contribution in [3.63, 3.8) is 0 Å². The van der Waals surface area contributed by atoms with Crippen LogP contribution in [0.2, 0.25) is 0 Å². The average molecular weight is 276 g/mol. The average Bonchev–Trinajstić information content (AvgIpc) is 2.76. The van der Waals surface area contributed by atoms with Gasteiger partial charge in [0.25, 0.3) is 0 Å². The van der Waals surface area contributed by atoms with Gasteiger partial charge in [-0.3, -0.25) is 4.90 Å². The second-order valence-electron chi connectivity index (χ2n) is 5.51. The standard InChI is InChI=1S/C15H20N2O3/c1-19-13-4-2-12(3-5-13)10-17-11-15(20-14(17)18)6-8-16-9-7-15/h2-5,16H,6-11H2,1H3. The van der Waals surface area contributed by atoms with Crippen LogP contribution in [0.4, 0.5) is 4.79 Å². The molecule has 1 aromatic rings. The molecule has 1 aromatic carbocycles. The minimum atomic E-state index is -0.269. The fourth-order valence-corrected chi connectivity index (χ4v) is 2.91. The van der Waals surface area contributed by atoms with Crippen molar-refractivity contribution in [2.24, 2.45) is 0 Å². The van der Waals surface area contributed by atoms with E-state index in [9.17, 15) is 4.79 Å². The second kappa shape index (κ2) is 5.32. The third-order valence-corrected chi connectivity index (χ3v) is 4.09. The summed E-state index contributed by atoms with van der Waals surface area (Å²) in [5, 5.41) is 3.30. The van der Waals surface area contributed by atoms with E-state index in [4.69, 9.17) is 9.47 Å². The third-order valence-electron chi connectivity index (χ3n) is 4.09. The Bertz CT molecular complexity index is 480. The van der Waals surface area contributed by atoms with Crippen molar-refractivity contribution in [2.45, 2.75) is 25.0 Å². The van der Waals surface area contributed by atoms with Gasteiger partial charge in [-0.2, -0.15) is 0 Å². The first-order valence-electron chi connectivity index (χ1n) is 7.02. The van der Waals surface area contributed by atoms with Crippen LogP contribution in [0, 0.1) is 0 Å². The van der Waals surface area contributed by atoms with Gasteiger partial charge < -0.3 is 14.8 Å². The van der Waals surface area contributed by atoms with Crippen LogP contribution in [0.3, 0.4) is 0 Å². The molecule has 0 unspecified atom stereocenters. The molecule has 0 radical (unpaired) electrons. The quantitative estimate of drug-likeness (QED) is 0.914. The largest absolute Gasteiger partial charge is 0.497 e. The van der Waals surface area contributed by atoms with E-state index in [1.165, 1.54) is 0 Å². The van der Waals surface area contributed by atoms with Crippen molar-refractivity contribution in [1.29, 1.82) is 0 Å². The molecule has 3 rings (SSSR count). The molecule has 5 heteroatoms. The molecule has 20 heavy (non-hydrogen) atoms. The molecule has 1 spiro atoms. The van der Waals surface area contributed by atoms with Crippen molar-refractivity contribution in [3.05, 3.63) is 29.8 Å². The molecule has 1 amide bonds. The number of carbonyl (C=O) groups excluding carboxylic acids is 1. The molecule has 0 aliphatic carbocycles. The number of benzene rings is 1. The summed E-state index contributed by atoms with van der Waals surface area (Å²) in [6.07, 6.45) is 1.61. The minimum absolute atomic E-state index is 0.192. The van der Waals surface area contributed by atoms with Gasteiger partial charge in [-0.05, 0) is 30.8 Å². The van der Waals surface area contributed by atoms with Gasteiger partial charge in [-0.15, -0.1) is 0 Å². The SMILES string of the molecule is COc1ccc(CN2CC3(CCNCC3)OC2=O)cc1. The summed E-state index contributed by atoms with van der Waals surface area (Å²) >= 11 is 0. The van der Waals surface area contributed by atoms with Gasteiger partial charge in [0.05, 0.1) is 13.7 Å². The molecule has 0 atom stereocenters. The van der Waals surface area contributed by atoms with E-state index < -0.39 is 0 Å². The summed E-state index contributed by atoms with van der Waals surface area (Å²) in [6.45, 7) is 3.13. The lowest BCUT2D eigenvalue weighted by Gasteiger charge is -2.31. The fraction of sp³-hybridized carbons (Fsp3) is 0.533. The first-order valence-corrected chi connectivity index (χ1v) is 7.02. The zero-order chi connectivity index (χ0) is 14.0. The first kappa shape index (κ1) is 13.2. The Morgan fingerprint density at radius 3 is 2.65 bits per heavy atom. The van der Waals surface area contributed by atoms with Crippen LogP contribution in [-0.2, 0) is 11.3 Å². The van der Waals surface area contributed by atoms with Gasteiger partial charge in [0.15, 0.2) is 0 Å². The first-order chi connectivity index (χ1) is 9.71. The highest BCUT2D eigenvalue weighted by Gasteiger charge is 2.45. The molecule has 2 heterocycles. The van der Waals surface area contributed by atoms with Crippen molar-refractivity contribution in [2.75, 3.05) is 26.7 Å². The zero-order valence-corrected chi connectivity index (χ0v) is 11.7. The zero-order valence-electron chi connectivity index (χ0n) is 11.7. The topological polar surface area (TPSA) is 50.8 Å². The van der Waals surface area contributed by atoms with Crippen molar-refractivity contribution in [1.82, 2.24) is 10.2 Å². The highest BCUT2D eigenvalue weighted by molar-refractivity contribution is 5.70. The van der Waals surface area contributed by atoms with E-state index in [1.54, 1.807) is 12.0 Å². The number of amides is 1. The fourth-order valence-electron chi connectivity index (χ4n) is 2.91. The van der Waals surface area contributed by atoms with Crippen LogP contribution < -0.4 is 10.1 Å². The smallest absolute Gasteiger partial charge is 0.410 e. The van der Waals surface area contributed by atoms with Gasteiger partial charge in [0.1, 0.15) is 11.4 Å². The number of rotatable bonds is 3. The van der Waals surface area contributed by atoms with E-state index in [0.717, 1.165) is 37.2 Å². The van der Waals surface area contributed by atoms with Crippen molar-refractivity contribution >= 4 is 6.09 Å². The molecule has 1 N–H and O–H groups in total. The molecule has 2 aliphatic heterocycles. The number of hydrogen-bond acceptors (Lipinski definition) is 4. The van der Waals surface area contributed by atoms with Gasteiger partial charge in [0.2, 0.25) is 0 Å². The van der Waals surface area contributed by atoms with Gasteiger partial charge in [0, 0.05) is 19.4 Å². The molecule has 2 aliphatic rings. The van der Waals surface area contributed by atoms with Crippen LogP contribution in [0.1, 0.15) is 18.4 Å². The summed E-state index contributed by atoms with van der Waals surface area (Å²) in [7, 11) is 1.65. The van der Waals surface area contributed by atoms with Gasteiger partial charge in [-0.1, -0.05) is 12.1 Å². The number of ether oxygens (including phenoxy) is 2. The lowest BCUT2D eigenvalue weighted by atomic mass is 9.92. The molecular formula is C15H20N2O3. The number of piperidine rings is 1. The molecule has 2 fully saturated rings. The molecule has 108 valence electrons. The van der Waals surface area contributed by atoms with E-state index in [0.29, 0.717) is 13.1 Å². The normalized spacial score (nSPS) is 21.1. The molecule has 5 nitrogen and oxygen atoms in total. The Kier molecular flexibility index (Phi) is 3.53. The monoisotopic (exact) mass is 276 g/mol. The Labute approximate surface area is 118 Å². The Morgan fingerprint density at radius 1 is 1.30 bits per heavy atom. The van der Waals surface area contributed by atoms with E-state index >= 15 is 0 Å². The van der Waals surface area contributed by atoms with Crippen molar-refractivity contribution in [3.8, 4) is 5.75 Å². The maximum absolute atomic E-state index is 12.0.